The third kappa shape index (κ3) is 4.25. The van der Waals surface area contributed by atoms with Crippen molar-refractivity contribution in [1.82, 2.24) is 9.97 Å². The highest BCUT2D eigenvalue weighted by Gasteiger charge is 2.10. The predicted octanol–water partition coefficient (Wildman–Crippen LogP) is 4.41. The Hall–Kier alpha value is -1.46. The zero-order valence-corrected chi connectivity index (χ0v) is 14.1. The summed E-state index contributed by atoms with van der Waals surface area (Å²) >= 11 is 9.34. The van der Waals surface area contributed by atoms with Crippen molar-refractivity contribution in [3.63, 3.8) is 0 Å². The summed E-state index contributed by atoms with van der Waals surface area (Å²) in [5, 5.41) is 3.09. The lowest BCUT2D eigenvalue weighted by atomic mass is 10.1. The number of carbonyl (C=O) groups is 1. The highest BCUT2D eigenvalue weighted by molar-refractivity contribution is 9.10. The van der Waals surface area contributed by atoms with Crippen LogP contribution in [0.2, 0.25) is 5.15 Å². The van der Waals surface area contributed by atoms with E-state index < -0.39 is 0 Å². The molecule has 0 aromatic carbocycles. The molecule has 2 rings (SSSR count). The minimum Gasteiger partial charge on any atom is -0.307 e. The van der Waals surface area contributed by atoms with Gasteiger partial charge in [-0.1, -0.05) is 24.9 Å². The molecule has 2 aromatic rings. The zero-order chi connectivity index (χ0) is 15.4. The molecule has 0 fully saturated rings. The number of hydrogen-bond donors (Lipinski definition) is 1. The van der Waals surface area contributed by atoms with Gasteiger partial charge in [-0.3, -0.25) is 4.79 Å². The van der Waals surface area contributed by atoms with Crippen LogP contribution in [-0.2, 0) is 6.42 Å². The van der Waals surface area contributed by atoms with Gasteiger partial charge in [0, 0.05) is 15.7 Å². The molecule has 21 heavy (non-hydrogen) atoms. The highest BCUT2D eigenvalue weighted by atomic mass is 79.9. The fourth-order valence-corrected chi connectivity index (χ4v) is 2.32. The molecule has 0 saturated carbocycles. The molecule has 2 aromatic heterocycles. The molecule has 0 aliphatic carbocycles. The number of pyridine rings is 2. The number of amides is 1. The number of anilines is 1. The minimum absolute atomic E-state index is 0.245. The number of halogens is 2. The number of carbonyl (C=O) groups excluding carboxylic acids is 1. The van der Waals surface area contributed by atoms with E-state index in [0.717, 1.165) is 28.7 Å². The average molecular weight is 369 g/mol. The molecular weight excluding hydrogens is 354 g/mol. The van der Waals surface area contributed by atoms with Crippen LogP contribution >= 0.6 is 27.5 Å². The molecule has 0 spiro atoms. The van der Waals surface area contributed by atoms with Crippen LogP contribution in [-0.4, -0.2) is 15.9 Å². The Labute approximate surface area is 137 Å². The standard InChI is InChI=1S/C15H15BrClN3O/c1-3-4-11-7-10(8-13(17)19-11)15(21)20-14-6-5-12(16)9(2)18-14/h5-8H,3-4H2,1-2H3,(H,18,20,21). The summed E-state index contributed by atoms with van der Waals surface area (Å²) < 4.78 is 0.901. The summed E-state index contributed by atoms with van der Waals surface area (Å²) in [7, 11) is 0. The maximum absolute atomic E-state index is 12.3. The first-order valence-electron chi connectivity index (χ1n) is 6.60. The van der Waals surface area contributed by atoms with Crippen molar-refractivity contribution in [2.75, 3.05) is 5.32 Å². The van der Waals surface area contributed by atoms with Crippen LogP contribution < -0.4 is 5.32 Å². The van der Waals surface area contributed by atoms with Gasteiger partial charge < -0.3 is 5.32 Å². The van der Waals surface area contributed by atoms with Crippen molar-refractivity contribution in [1.29, 1.82) is 0 Å². The quantitative estimate of drug-likeness (QED) is 0.813. The molecule has 0 radical (unpaired) electrons. The number of aryl methyl sites for hydroxylation is 2. The second-order valence-electron chi connectivity index (χ2n) is 4.64. The minimum atomic E-state index is -0.245. The lowest BCUT2D eigenvalue weighted by Crippen LogP contribution is -2.14. The molecule has 0 aliphatic rings. The van der Waals surface area contributed by atoms with E-state index in [9.17, 15) is 4.79 Å². The SMILES string of the molecule is CCCc1cc(C(=O)Nc2ccc(Br)c(C)n2)cc(Cl)n1. The van der Waals surface area contributed by atoms with Gasteiger partial charge in [0.25, 0.3) is 5.91 Å². The highest BCUT2D eigenvalue weighted by Crippen LogP contribution is 2.18. The van der Waals surface area contributed by atoms with Gasteiger partial charge in [-0.2, -0.15) is 0 Å². The molecule has 0 bridgehead atoms. The Balaban J connectivity index is 2.21. The molecule has 0 atom stereocenters. The van der Waals surface area contributed by atoms with Gasteiger partial charge in [0.2, 0.25) is 0 Å². The summed E-state index contributed by atoms with van der Waals surface area (Å²) in [5.74, 6) is 0.261. The molecule has 6 heteroatoms. The number of nitrogens with one attached hydrogen (secondary N) is 1. The fourth-order valence-electron chi connectivity index (χ4n) is 1.87. The second kappa shape index (κ2) is 7.00. The van der Waals surface area contributed by atoms with Gasteiger partial charge in [-0.25, -0.2) is 9.97 Å². The van der Waals surface area contributed by atoms with Gasteiger partial charge in [0.1, 0.15) is 11.0 Å². The van der Waals surface area contributed by atoms with E-state index in [1.807, 2.05) is 13.0 Å². The molecule has 0 saturated heterocycles. The van der Waals surface area contributed by atoms with Crippen molar-refractivity contribution in [2.45, 2.75) is 26.7 Å². The molecule has 1 N–H and O–H groups in total. The first-order chi connectivity index (χ1) is 9.99. The second-order valence-corrected chi connectivity index (χ2v) is 5.88. The van der Waals surface area contributed by atoms with Crippen molar-refractivity contribution in [3.8, 4) is 0 Å². The van der Waals surface area contributed by atoms with E-state index in [2.05, 4.69) is 38.1 Å². The van der Waals surface area contributed by atoms with Gasteiger partial charge in [0.05, 0.1) is 5.69 Å². The summed E-state index contributed by atoms with van der Waals surface area (Å²) in [5.41, 5.74) is 2.11. The van der Waals surface area contributed by atoms with E-state index in [1.54, 1.807) is 18.2 Å². The van der Waals surface area contributed by atoms with Crippen LogP contribution in [0.5, 0.6) is 0 Å². The molecule has 0 aliphatic heterocycles. The lowest BCUT2D eigenvalue weighted by molar-refractivity contribution is 0.102. The lowest BCUT2D eigenvalue weighted by Gasteiger charge is -2.08. The van der Waals surface area contributed by atoms with Crippen LogP contribution in [0.1, 0.15) is 35.1 Å². The smallest absolute Gasteiger partial charge is 0.256 e. The number of nitrogens with zero attached hydrogens (tertiary/aromatic N) is 2. The van der Waals surface area contributed by atoms with E-state index in [1.165, 1.54) is 0 Å². The number of rotatable bonds is 4. The van der Waals surface area contributed by atoms with E-state index >= 15 is 0 Å². The van der Waals surface area contributed by atoms with Crippen LogP contribution in [0.4, 0.5) is 5.82 Å². The van der Waals surface area contributed by atoms with Crippen LogP contribution in [0.25, 0.3) is 0 Å². The zero-order valence-electron chi connectivity index (χ0n) is 11.8. The molecule has 0 unspecified atom stereocenters. The largest absolute Gasteiger partial charge is 0.307 e. The Kier molecular flexibility index (Phi) is 5.31. The van der Waals surface area contributed by atoms with E-state index in [4.69, 9.17) is 11.6 Å². The normalized spacial score (nSPS) is 10.5. The topological polar surface area (TPSA) is 54.9 Å². The van der Waals surface area contributed by atoms with Crippen molar-refractivity contribution in [2.24, 2.45) is 0 Å². The fraction of sp³-hybridized carbons (Fsp3) is 0.267. The van der Waals surface area contributed by atoms with Gasteiger partial charge >= 0.3 is 0 Å². The molecular formula is C15H15BrClN3O. The maximum atomic E-state index is 12.3. The molecule has 1 amide bonds. The summed E-state index contributed by atoms with van der Waals surface area (Å²) in [4.78, 5) is 20.8. The van der Waals surface area contributed by atoms with Gasteiger partial charge in [0.15, 0.2) is 0 Å². The Morgan fingerprint density at radius 1 is 1.33 bits per heavy atom. The Morgan fingerprint density at radius 2 is 2.10 bits per heavy atom. The van der Waals surface area contributed by atoms with Crippen LogP contribution in [0.3, 0.4) is 0 Å². The molecule has 4 nitrogen and oxygen atoms in total. The summed E-state index contributed by atoms with van der Waals surface area (Å²) in [6, 6.07) is 6.91. The third-order valence-corrected chi connectivity index (χ3v) is 3.91. The summed E-state index contributed by atoms with van der Waals surface area (Å²) in [6.45, 7) is 3.92. The first kappa shape index (κ1) is 15.9. The van der Waals surface area contributed by atoms with Crippen molar-refractivity contribution >= 4 is 39.3 Å². The predicted molar refractivity (Wildman–Crippen MR) is 87.9 cm³/mol. The average Bonchev–Trinajstić information content (AvgIpc) is 2.42. The van der Waals surface area contributed by atoms with E-state index in [0.29, 0.717) is 16.5 Å². The maximum Gasteiger partial charge on any atom is 0.256 e. The van der Waals surface area contributed by atoms with Crippen molar-refractivity contribution < 1.29 is 4.79 Å². The van der Waals surface area contributed by atoms with Crippen molar-refractivity contribution in [3.05, 3.63) is 50.8 Å². The number of hydrogen-bond acceptors (Lipinski definition) is 3. The Morgan fingerprint density at radius 3 is 2.76 bits per heavy atom. The van der Waals surface area contributed by atoms with Crippen LogP contribution in [0, 0.1) is 6.92 Å². The number of aromatic nitrogens is 2. The van der Waals surface area contributed by atoms with Gasteiger partial charge in [-0.05, 0) is 53.5 Å². The van der Waals surface area contributed by atoms with E-state index in [-0.39, 0.29) is 5.91 Å². The first-order valence-corrected chi connectivity index (χ1v) is 7.77. The van der Waals surface area contributed by atoms with Crippen LogP contribution in [0.15, 0.2) is 28.7 Å². The van der Waals surface area contributed by atoms with Gasteiger partial charge in [-0.15, -0.1) is 0 Å². The third-order valence-electron chi connectivity index (χ3n) is 2.88. The Bertz CT molecular complexity index is 676. The monoisotopic (exact) mass is 367 g/mol. The summed E-state index contributed by atoms with van der Waals surface area (Å²) in [6.07, 6.45) is 1.73. The molecule has 2 heterocycles. The molecule has 110 valence electrons.